The van der Waals surface area contributed by atoms with Crippen LogP contribution in [0.2, 0.25) is 0 Å². The molecule has 0 aliphatic heterocycles. The molecule has 1 aromatic carbocycles. The molecule has 4 heteroatoms. The van der Waals surface area contributed by atoms with Gasteiger partial charge in [-0.05, 0) is 53.8 Å². The minimum absolute atomic E-state index is 0.782. The van der Waals surface area contributed by atoms with Crippen molar-refractivity contribution in [2.24, 2.45) is 4.99 Å². The van der Waals surface area contributed by atoms with Crippen molar-refractivity contribution in [3.05, 3.63) is 73.3 Å². The van der Waals surface area contributed by atoms with Gasteiger partial charge in [0, 0.05) is 35.7 Å². The van der Waals surface area contributed by atoms with Gasteiger partial charge in [0.1, 0.15) is 5.75 Å². The largest absolute Gasteiger partial charge is 0.496 e. The van der Waals surface area contributed by atoms with Gasteiger partial charge in [-0.3, -0.25) is 15.0 Å². The van der Waals surface area contributed by atoms with E-state index >= 15 is 0 Å². The maximum atomic E-state index is 5.44. The Morgan fingerprint density at radius 2 is 2.08 bits per heavy atom. The van der Waals surface area contributed by atoms with E-state index in [4.69, 9.17) is 4.74 Å². The smallest absolute Gasteiger partial charge is 0.129 e. The summed E-state index contributed by atoms with van der Waals surface area (Å²) < 4.78 is 5.44. The SMILES string of the molecule is C=N/C=C\C(=C)c1ccnc2ccc(-c3cnccc3OC)cc12. The van der Waals surface area contributed by atoms with Crippen LogP contribution < -0.4 is 4.74 Å². The van der Waals surface area contributed by atoms with Crippen LogP contribution in [-0.4, -0.2) is 23.8 Å². The highest BCUT2D eigenvalue weighted by Crippen LogP contribution is 2.32. The molecule has 0 spiro atoms. The van der Waals surface area contributed by atoms with Gasteiger partial charge in [-0.15, -0.1) is 0 Å². The van der Waals surface area contributed by atoms with Crippen molar-refractivity contribution in [2.75, 3.05) is 7.11 Å². The van der Waals surface area contributed by atoms with E-state index in [1.54, 1.807) is 31.9 Å². The standard InChI is InChI=1S/C20H17N3O/c1-14(6-9-21-2)16-7-11-23-19-5-4-15(12-17(16)19)18-13-22-10-8-20(18)24-3/h4-13H,1-2H2,3H3/b9-6-. The molecule has 3 aromatic rings. The van der Waals surface area contributed by atoms with Crippen molar-refractivity contribution >= 4 is 23.2 Å². The molecule has 2 heterocycles. The molecular formula is C20H17N3O. The van der Waals surface area contributed by atoms with Crippen LogP contribution in [0.3, 0.4) is 0 Å². The predicted molar refractivity (Wildman–Crippen MR) is 99.2 cm³/mol. The average molecular weight is 315 g/mol. The number of rotatable bonds is 5. The molecule has 0 amide bonds. The lowest BCUT2D eigenvalue weighted by Crippen LogP contribution is -1.91. The lowest BCUT2D eigenvalue weighted by molar-refractivity contribution is 0.416. The number of fused-ring (bicyclic) bond motifs is 1. The van der Waals surface area contributed by atoms with Gasteiger partial charge in [0.2, 0.25) is 0 Å². The molecule has 4 nitrogen and oxygen atoms in total. The fourth-order valence-electron chi connectivity index (χ4n) is 2.60. The minimum atomic E-state index is 0.782. The summed E-state index contributed by atoms with van der Waals surface area (Å²) in [7, 11) is 1.65. The zero-order valence-corrected chi connectivity index (χ0v) is 13.4. The second-order valence-electron chi connectivity index (χ2n) is 5.19. The summed E-state index contributed by atoms with van der Waals surface area (Å²) in [5, 5.41) is 1.01. The van der Waals surface area contributed by atoms with Crippen molar-refractivity contribution in [3.8, 4) is 16.9 Å². The average Bonchev–Trinajstić information content (AvgIpc) is 2.65. The number of pyridine rings is 2. The van der Waals surface area contributed by atoms with Gasteiger partial charge in [0.05, 0.1) is 12.6 Å². The number of methoxy groups -OCH3 is 1. The second-order valence-corrected chi connectivity index (χ2v) is 5.19. The Bertz CT molecular complexity index is 945. The van der Waals surface area contributed by atoms with E-state index in [1.165, 1.54) is 0 Å². The Hall–Kier alpha value is -3.27. The molecule has 0 aliphatic rings. The molecule has 118 valence electrons. The fraction of sp³-hybridized carbons (Fsp3) is 0.0500. The zero-order valence-electron chi connectivity index (χ0n) is 13.4. The molecule has 0 saturated carbocycles. The maximum absolute atomic E-state index is 5.44. The van der Waals surface area contributed by atoms with Crippen molar-refractivity contribution < 1.29 is 4.74 Å². The second kappa shape index (κ2) is 6.87. The summed E-state index contributed by atoms with van der Waals surface area (Å²) in [4.78, 5) is 12.4. The lowest BCUT2D eigenvalue weighted by atomic mass is 9.98. The maximum Gasteiger partial charge on any atom is 0.129 e. The van der Waals surface area contributed by atoms with Crippen LogP contribution in [0.5, 0.6) is 5.75 Å². The molecule has 0 atom stereocenters. The summed E-state index contributed by atoms with van der Waals surface area (Å²) in [5.41, 5.74) is 4.71. The number of aliphatic imine (C=N–C) groups is 1. The van der Waals surface area contributed by atoms with Gasteiger partial charge in [-0.1, -0.05) is 12.6 Å². The first-order valence-electron chi connectivity index (χ1n) is 7.43. The van der Waals surface area contributed by atoms with Crippen molar-refractivity contribution in [2.45, 2.75) is 0 Å². The molecule has 0 fully saturated rings. The van der Waals surface area contributed by atoms with E-state index in [0.29, 0.717) is 0 Å². The van der Waals surface area contributed by atoms with Crippen molar-refractivity contribution in [1.82, 2.24) is 9.97 Å². The molecular weight excluding hydrogens is 298 g/mol. The van der Waals surface area contributed by atoms with Gasteiger partial charge in [0.25, 0.3) is 0 Å². The summed E-state index contributed by atoms with van der Waals surface area (Å²) >= 11 is 0. The first kappa shape index (κ1) is 15.6. The van der Waals surface area contributed by atoms with Crippen LogP contribution in [-0.2, 0) is 0 Å². The summed E-state index contributed by atoms with van der Waals surface area (Å²) in [6.45, 7) is 7.56. The van der Waals surface area contributed by atoms with Gasteiger partial charge < -0.3 is 4.74 Å². The predicted octanol–water partition coefficient (Wildman–Crippen LogP) is 4.53. The van der Waals surface area contributed by atoms with E-state index < -0.39 is 0 Å². The molecule has 0 saturated heterocycles. The number of benzene rings is 1. The highest BCUT2D eigenvalue weighted by atomic mass is 16.5. The van der Waals surface area contributed by atoms with Crippen LogP contribution in [0, 0.1) is 0 Å². The normalized spacial score (nSPS) is 10.9. The Labute approximate surface area is 140 Å². The van der Waals surface area contributed by atoms with E-state index in [0.717, 1.165) is 38.9 Å². The van der Waals surface area contributed by atoms with Gasteiger partial charge in [-0.25, -0.2) is 0 Å². The molecule has 0 N–H and O–H groups in total. The Kier molecular flexibility index (Phi) is 4.47. The number of hydrogen-bond donors (Lipinski definition) is 0. The summed E-state index contributed by atoms with van der Waals surface area (Å²) in [6.07, 6.45) is 8.75. The molecule has 0 unspecified atom stereocenters. The Balaban J connectivity index is 2.18. The Morgan fingerprint density at radius 1 is 1.21 bits per heavy atom. The number of aromatic nitrogens is 2. The number of ether oxygens (including phenoxy) is 1. The van der Waals surface area contributed by atoms with Gasteiger partial charge in [0.15, 0.2) is 0 Å². The van der Waals surface area contributed by atoms with Crippen molar-refractivity contribution in [3.63, 3.8) is 0 Å². The topological polar surface area (TPSA) is 47.4 Å². The molecule has 2 aromatic heterocycles. The first-order chi connectivity index (χ1) is 11.7. The Morgan fingerprint density at radius 3 is 2.88 bits per heavy atom. The van der Waals surface area contributed by atoms with Crippen molar-refractivity contribution in [1.29, 1.82) is 0 Å². The molecule has 3 rings (SSSR count). The van der Waals surface area contributed by atoms with E-state index in [1.807, 2.05) is 30.3 Å². The highest BCUT2D eigenvalue weighted by molar-refractivity contribution is 5.96. The van der Waals surface area contributed by atoms with E-state index in [-0.39, 0.29) is 0 Å². The number of hydrogen-bond acceptors (Lipinski definition) is 4. The third-order valence-electron chi connectivity index (χ3n) is 3.78. The monoisotopic (exact) mass is 315 g/mol. The highest BCUT2D eigenvalue weighted by Gasteiger charge is 2.09. The van der Waals surface area contributed by atoms with Crippen LogP contribution in [0.25, 0.3) is 27.6 Å². The molecule has 0 radical (unpaired) electrons. The number of nitrogens with zero attached hydrogens (tertiary/aromatic N) is 3. The summed E-state index contributed by atoms with van der Waals surface area (Å²) in [5.74, 6) is 0.782. The number of allylic oxidation sites excluding steroid dienone is 2. The fourth-order valence-corrected chi connectivity index (χ4v) is 2.60. The molecule has 24 heavy (non-hydrogen) atoms. The quantitative estimate of drug-likeness (QED) is 0.513. The van der Waals surface area contributed by atoms with Crippen LogP contribution in [0.15, 0.2) is 72.8 Å². The van der Waals surface area contributed by atoms with E-state index in [2.05, 4.69) is 34.3 Å². The van der Waals surface area contributed by atoms with Gasteiger partial charge >= 0.3 is 0 Å². The summed E-state index contributed by atoms with van der Waals surface area (Å²) in [6, 6.07) is 9.88. The van der Waals surface area contributed by atoms with Crippen LogP contribution in [0.4, 0.5) is 0 Å². The van der Waals surface area contributed by atoms with Crippen LogP contribution >= 0.6 is 0 Å². The third-order valence-corrected chi connectivity index (χ3v) is 3.78. The third kappa shape index (κ3) is 2.94. The van der Waals surface area contributed by atoms with E-state index in [9.17, 15) is 0 Å². The zero-order chi connectivity index (χ0) is 16.9. The molecule has 0 aliphatic carbocycles. The minimum Gasteiger partial charge on any atom is -0.496 e. The van der Waals surface area contributed by atoms with Gasteiger partial charge in [-0.2, -0.15) is 0 Å². The van der Waals surface area contributed by atoms with Crippen LogP contribution in [0.1, 0.15) is 5.56 Å². The molecule has 0 bridgehead atoms. The lowest BCUT2D eigenvalue weighted by Gasteiger charge is -2.11. The first-order valence-corrected chi connectivity index (χ1v) is 7.43.